The zero-order valence-electron chi connectivity index (χ0n) is 10.7. The molecule has 0 amide bonds. The van der Waals surface area contributed by atoms with E-state index in [0.717, 1.165) is 13.0 Å². The first-order chi connectivity index (χ1) is 8.72. The van der Waals surface area contributed by atoms with Gasteiger partial charge in [0.05, 0.1) is 10.0 Å². The smallest absolute Gasteiger partial charge is 0.0595 e. The largest absolute Gasteiger partial charge is 0.330 e. The van der Waals surface area contributed by atoms with Gasteiger partial charge in [0.1, 0.15) is 0 Å². The molecule has 2 rings (SSSR count). The van der Waals surface area contributed by atoms with Crippen molar-refractivity contribution in [3.63, 3.8) is 0 Å². The highest BCUT2D eigenvalue weighted by atomic mass is 35.5. The van der Waals surface area contributed by atoms with Crippen molar-refractivity contribution in [2.45, 2.75) is 44.4 Å². The summed E-state index contributed by atoms with van der Waals surface area (Å²) in [6, 6.07) is 6.10. The van der Waals surface area contributed by atoms with Gasteiger partial charge in [-0.05, 0) is 55.3 Å². The molecule has 18 heavy (non-hydrogen) atoms. The summed E-state index contributed by atoms with van der Waals surface area (Å²) in [7, 11) is 0. The molecule has 0 bridgehead atoms. The molecule has 100 valence electrons. The Bertz CT molecular complexity index is 392. The zero-order chi connectivity index (χ0) is 13.0. The van der Waals surface area contributed by atoms with Gasteiger partial charge in [-0.2, -0.15) is 0 Å². The third kappa shape index (κ3) is 3.40. The third-order valence-electron chi connectivity index (χ3n) is 4.07. The number of hydrogen-bond donors (Lipinski definition) is 1. The second kappa shape index (κ2) is 6.79. The van der Waals surface area contributed by atoms with E-state index in [4.69, 9.17) is 28.9 Å². The molecule has 0 spiro atoms. The van der Waals surface area contributed by atoms with E-state index in [1.807, 2.05) is 12.1 Å². The van der Waals surface area contributed by atoms with Crippen LogP contribution in [0.2, 0.25) is 10.0 Å². The highest BCUT2D eigenvalue weighted by molar-refractivity contribution is 6.42. The summed E-state index contributed by atoms with van der Waals surface area (Å²) < 4.78 is 0. The summed E-state index contributed by atoms with van der Waals surface area (Å²) in [5, 5.41) is 1.31. The van der Waals surface area contributed by atoms with Crippen molar-refractivity contribution in [3.05, 3.63) is 33.8 Å². The van der Waals surface area contributed by atoms with Gasteiger partial charge in [0.15, 0.2) is 0 Å². The number of hydrogen-bond acceptors (Lipinski definition) is 1. The number of benzene rings is 1. The number of rotatable bonds is 3. The van der Waals surface area contributed by atoms with Crippen LogP contribution < -0.4 is 5.73 Å². The molecule has 0 radical (unpaired) electrons. The third-order valence-corrected chi connectivity index (χ3v) is 4.81. The van der Waals surface area contributed by atoms with Crippen LogP contribution in [0.25, 0.3) is 0 Å². The molecule has 1 aromatic carbocycles. The lowest BCUT2D eigenvalue weighted by Crippen LogP contribution is -2.16. The van der Waals surface area contributed by atoms with Crippen molar-refractivity contribution in [2.75, 3.05) is 6.54 Å². The maximum absolute atomic E-state index is 6.14. The van der Waals surface area contributed by atoms with E-state index in [9.17, 15) is 0 Å². The molecule has 1 aromatic rings. The monoisotopic (exact) mass is 285 g/mol. The molecule has 0 saturated heterocycles. The molecule has 2 N–H and O–H groups in total. The van der Waals surface area contributed by atoms with Crippen molar-refractivity contribution in [2.24, 2.45) is 11.7 Å². The van der Waals surface area contributed by atoms with Gasteiger partial charge in [-0.25, -0.2) is 0 Å². The molecule has 1 fully saturated rings. The lowest BCUT2D eigenvalue weighted by Gasteiger charge is -2.25. The second-order valence-corrected chi connectivity index (χ2v) is 6.07. The maximum Gasteiger partial charge on any atom is 0.0595 e. The Morgan fingerprint density at radius 1 is 1.06 bits per heavy atom. The maximum atomic E-state index is 6.14. The molecule has 2 atom stereocenters. The quantitative estimate of drug-likeness (QED) is 0.777. The summed E-state index contributed by atoms with van der Waals surface area (Å²) in [6.07, 6.45) is 7.66. The zero-order valence-corrected chi connectivity index (χ0v) is 12.2. The Morgan fingerprint density at radius 3 is 2.56 bits per heavy atom. The molecule has 1 saturated carbocycles. The van der Waals surface area contributed by atoms with Gasteiger partial charge in [0.2, 0.25) is 0 Å². The fraction of sp³-hybridized carbons (Fsp3) is 0.600. The van der Waals surface area contributed by atoms with Crippen LogP contribution in [0.4, 0.5) is 0 Å². The summed E-state index contributed by atoms with van der Waals surface area (Å²) in [4.78, 5) is 0. The second-order valence-electron chi connectivity index (χ2n) is 5.26. The number of halogens is 2. The molecule has 1 nitrogen and oxygen atoms in total. The average molecular weight is 286 g/mol. The predicted molar refractivity (Wildman–Crippen MR) is 79.4 cm³/mol. The van der Waals surface area contributed by atoms with E-state index < -0.39 is 0 Å². The first-order valence-electron chi connectivity index (χ1n) is 6.87. The standard InChI is InChI=1S/C15H21Cl2N/c16-14-7-6-12(10-15(14)17)13-5-3-1-2-4-11(13)8-9-18/h6-7,10-11,13H,1-5,8-9,18H2. The molecule has 1 aliphatic carbocycles. The Balaban J connectivity index is 2.22. The van der Waals surface area contributed by atoms with Crippen LogP contribution in [0.1, 0.15) is 50.0 Å². The molecule has 3 heteroatoms. The molecular formula is C15H21Cl2N. The molecule has 0 aliphatic heterocycles. The van der Waals surface area contributed by atoms with Crippen LogP contribution in [-0.4, -0.2) is 6.54 Å². The normalized spacial score (nSPS) is 24.8. The molecule has 2 unspecified atom stereocenters. The Morgan fingerprint density at radius 2 is 1.83 bits per heavy atom. The van der Waals surface area contributed by atoms with Gasteiger partial charge in [0, 0.05) is 0 Å². The van der Waals surface area contributed by atoms with Crippen LogP contribution in [0.5, 0.6) is 0 Å². The predicted octanol–water partition coefficient (Wildman–Crippen LogP) is 5.01. The van der Waals surface area contributed by atoms with Gasteiger partial charge < -0.3 is 5.73 Å². The lowest BCUT2D eigenvalue weighted by atomic mass is 9.80. The van der Waals surface area contributed by atoms with Crippen molar-refractivity contribution < 1.29 is 0 Å². The first-order valence-corrected chi connectivity index (χ1v) is 7.63. The summed E-state index contributed by atoms with van der Waals surface area (Å²) in [5.41, 5.74) is 7.10. The van der Waals surface area contributed by atoms with Gasteiger partial charge in [-0.1, -0.05) is 48.5 Å². The Labute approximate surface area is 120 Å². The van der Waals surface area contributed by atoms with Gasteiger partial charge in [-0.15, -0.1) is 0 Å². The van der Waals surface area contributed by atoms with Crippen molar-refractivity contribution >= 4 is 23.2 Å². The summed E-state index contributed by atoms with van der Waals surface area (Å²) >= 11 is 12.1. The minimum absolute atomic E-state index is 0.603. The molecule has 0 aromatic heterocycles. The van der Waals surface area contributed by atoms with Gasteiger partial charge in [-0.3, -0.25) is 0 Å². The van der Waals surface area contributed by atoms with Crippen LogP contribution in [0.3, 0.4) is 0 Å². The first kappa shape index (κ1) is 14.2. The minimum Gasteiger partial charge on any atom is -0.330 e. The summed E-state index contributed by atoms with van der Waals surface area (Å²) in [5.74, 6) is 1.31. The Kier molecular flexibility index (Phi) is 5.35. The van der Waals surface area contributed by atoms with Crippen molar-refractivity contribution in [1.82, 2.24) is 0 Å². The van der Waals surface area contributed by atoms with E-state index in [2.05, 4.69) is 6.07 Å². The van der Waals surface area contributed by atoms with Gasteiger partial charge in [0.25, 0.3) is 0 Å². The minimum atomic E-state index is 0.603. The lowest BCUT2D eigenvalue weighted by molar-refractivity contribution is 0.378. The van der Waals surface area contributed by atoms with E-state index >= 15 is 0 Å². The highest BCUT2D eigenvalue weighted by Gasteiger charge is 2.24. The van der Waals surface area contributed by atoms with E-state index in [-0.39, 0.29) is 0 Å². The average Bonchev–Trinajstić information content (AvgIpc) is 2.59. The van der Waals surface area contributed by atoms with E-state index in [0.29, 0.717) is 21.9 Å². The molecular weight excluding hydrogens is 265 g/mol. The molecule has 0 heterocycles. The highest BCUT2D eigenvalue weighted by Crippen LogP contribution is 2.39. The topological polar surface area (TPSA) is 26.0 Å². The SMILES string of the molecule is NCCC1CCCCCC1c1ccc(Cl)c(Cl)c1. The van der Waals surface area contributed by atoms with Crippen molar-refractivity contribution in [3.8, 4) is 0 Å². The van der Waals surface area contributed by atoms with Crippen LogP contribution >= 0.6 is 23.2 Å². The van der Waals surface area contributed by atoms with Gasteiger partial charge >= 0.3 is 0 Å². The molecule has 1 aliphatic rings. The van der Waals surface area contributed by atoms with E-state index in [1.165, 1.54) is 37.7 Å². The fourth-order valence-corrected chi connectivity index (χ4v) is 3.43. The number of nitrogens with two attached hydrogens (primary N) is 1. The van der Waals surface area contributed by atoms with Crippen molar-refractivity contribution in [1.29, 1.82) is 0 Å². The summed E-state index contributed by atoms with van der Waals surface area (Å²) in [6.45, 7) is 0.780. The van der Waals surface area contributed by atoms with Crippen LogP contribution in [-0.2, 0) is 0 Å². The fourth-order valence-electron chi connectivity index (χ4n) is 3.13. The Hall–Kier alpha value is -0.240. The van der Waals surface area contributed by atoms with Crippen LogP contribution in [0.15, 0.2) is 18.2 Å². The van der Waals surface area contributed by atoms with Crippen LogP contribution in [0, 0.1) is 5.92 Å². The van der Waals surface area contributed by atoms with E-state index in [1.54, 1.807) is 0 Å².